The van der Waals surface area contributed by atoms with Crippen LogP contribution < -0.4 is 5.32 Å². The van der Waals surface area contributed by atoms with Crippen molar-refractivity contribution in [1.29, 1.82) is 0 Å². The molecule has 170 valence electrons. The zero-order valence-electron chi connectivity index (χ0n) is 17.0. The van der Waals surface area contributed by atoms with Gasteiger partial charge in [0.05, 0.1) is 26.7 Å². The van der Waals surface area contributed by atoms with Gasteiger partial charge in [-0.2, -0.15) is 13.2 Å². The number of carbonyl (C=O) groups excluding carboxylic acids is 2. The molecule has 0 saturated heterocycles. The van der Waals surface area contributed by atoms with Crippen LogP contribution in [0.2, 0.25) is 15.1 Å². The molecular formula is C23H19Cl3F3NO2. The summed E-state index contributed by atoms with van der Waals surface area (Å²) < 4.78 is 41.2. The van der Waals surface area contributed by atoms with Crippen LogP contribution in [0.4, 0.5) is 13.2 Å². The van der Waals surface area contributed by atoms with Gasteiger partial charge in [0.1, 0.15) is 0 Å². The number of hydrogen-bond donors (Lipinski definition) is 1. The highest BCUT2D eigenvalue weighted by molar-refractivity contribution is 6.48. The van der Waals surface area contributed by atoms with Crippen LogP contribution in [-0.4, -0.2) is 17.9 Å². The van der Waals surface area contributed by atoms with E-state index in [0.29, 0.717) is 25.3 Å². The highest BCUT2D eigenvalue weighted by Crippen LogP contribution is 2.40. The minimum absolute atomic E-state index is 0.0523. The first-order chi connectivity index (χ1) is 15.0. The molecule has 1 aliphatic carbocycles. The van der Waals surface area contributed by atoms with E-state index in [1.807, 2.05) is 6.92 Å². The maximum absolute atomic E-state index is 13.7. The predicted molar refractivity (Wildman–Crippen MR) is 120 cm³/mol. The molecule has 0 aliphatic heterocycles. The summed E-state index contributed by atoms with van der Waals surface area (Å²) >= 11 is 17.6. The zero-order chi connectivity index (χ0) is 23.6. The SMILES string of the molecule is CCCC(=O)NC1CCc2cc(C(=O)/C=C(\c3cc(Cl)c(Cl)c(Cl)c3)C(F)(F)F)ccc21. The van der Waals surface area contributed by atoms with Crippen molar-refractivity contribution in [3.8, 4) is 0 Å². The van der Waals surface area contributed by atoms with Crippen LogP contribution in [0.15, 0.2) is 36.4 Å². The molecule has 9 heteroatoms. The van der Waals surface area contributed by atoms with E-state index >= 15 is 0 Å². The molecule has 2 aromatic carbocycles. The standard InChI is InChI=1S/C23H19Cl3F3NO2/c1-2-3-21(32)30-19-7-5-12-8-13(4-6-15(12)19)20(31)11-16(23(27,28)29)14-9-17(24)22(26)18(25)10-14/h4,6,8-11,19H,2-3,5,7H2,1H3,(H,30,32)/b16-11+. The van der Waals surface area contributed by atoms with Gasteiger partial charge in [0.2, 0.25) is 5.91 Å². The molecule has 0 bridgehead atoms. The van der Waals surface area contributed by atoms with Gasteiger partial charge in [-0.15, -0.1) is 0 Å². The first-order valence-electron chi connectivity index (χ1n) is 9.91. The van der Waals surface area contributed by atoms with E-state index in [1.54, 1.807) is 12.1 Å². The van der Waals surface area contributed by atoms with Gasteiger partial charge in [-0.1, -0.05) is 53.9 Å². The number of amides is 1. The van der Waals surface area contributed by atoms with Crippen LogP contribution in [0, 0.1) is 0 Å². The van der Waals surface area contributed by atoms with E-state index in [2.05, 4.69) is 5.32 Å². The minimum atomic E-state index is -4.82. The molecule has 0 saturated carbocycles. The number of carbonyl (C=O) groups is 2. The van der Waals surface area contributed by atoms with Crippen molar-refractivity contribution in [3.63, 3.8) is 0 Å². The minimum Gasteiger partial charge on any atom is -0.349 e. The largest absolute Gasteiger partial charge is 0.417 e. The molecule has 32 heavy (non-hydrogen) atoms. The van der Waals surface area contributed by atoms with Crippen molar-refractivity contribution in [3.05, 3.63) is 73.7 Å². The maximum atomic E-state index is 13.7. The van der Waals surface area contributed by atoms with Crippen LogP contribution in [0.5, 0.6) is 0 Å². The molecule has 1 aliphatic rings. The van der Waals surface area contributed by atoms with Crippen LogP contribution in [0.25, 0.3) is 5.57 Å². The molecule has 0 fully saturated rings. The lowest BCUT2D eigenvalue weighted by molar-refractivity contribution is -0.121. The molecule has 3 rings (SSSR count). The Labute approximate surface area is 198 Å². The normalized spacial score (nSPS) is 16.1. The summed E-state index contributed by atoms with van der Waals surface area (Å²) in [5, 5.41) is 2.59. The monoisotopic (exact) mass is 503 g/mol. The molecule has 0 aromatic heterocycles. The lowest BCUT2D eigenvalue weighted by Crippen LogP contribution is -2.26. The second kappa shape index (κ2) is 9.86. The fourth-order valence-electron chi connectivity index (χ4n) is 3.67. The van der Waals surface area contributed by atoms with Gasteiger partial charge in [-0.05, 0) is 60.2 Å². The summed E-state index contributed by atoms with van der Waals surface area (Å²) in [6.45, 7) is 1.91. The van der Waals surface area contributed by atoms with Gasteiger partial charge in [0, 0.05) is 12.0 Å². The third-order valence-corrected chi connectivity index (χ3v) is 6.39. The van der Waals surface area contributed by atoms with Crippen molar-refractivity contribution in [2.24, 2.45) is 0 Å². The van der Waals surface area contributed by atoms with Gasteiger partial charge in [-0.25, -0.2) is 0 Å². The summed E-state index contributed by atoms with van der Waals surface area (Å²) in [6, 6.07) is 6.62. The third kappa shape index (κ3) is 5.48. The third-order valence-electron chi connectivity index (χ3n) is 5.19. The van der Waals surface area contributed by atoms with Crippen molar-refractivity contribution in [1.82, 2.24) is 5.32 Å². The molecule has 3 nitrogen and oxygen atoms in total. The molecule has 0 heterocycles. The second-order valence-electron chi connectivity index (χ2n) is 7.50. The number of allylic oxidation sites excluding steroid dienone is 2. The van der Waals surface area contributed by atoms with Gasteiger partial charge in [0.25, 0.3) is 0 Å². The van der Waals surface area contributed by atoms with E-state index < -0.39 is 17.5 Å². The number of ketones is 1. The fourth-order valence-corrected chi connectivity index (χ4v) is 4.26. The first-order valence-corrected chi connectivity index (χ1v) is 11.0. The summed E-state index contributed by atoms with van der Waals surface area (Å²) in [5.74, 6) is -0.857. The number of hydrogen-bond acceptors (Lipinski definition) is 2. The number of halogens is 6. The molecule has 1 N–H and O–H groups in total. The zero-order valence-corrected chi connectivity index (χ0v) is 19.2. The van der Waals surface area contributed by atoms with E-state index in [1.165, 1.54) is 6.07 Å². The molecular weight excluding hydrogens is 486 g/mol. The Kier molecular flexibility index (Phi) is 7.58. The van der Waals surface area contributed by atoms with E-state index in [0.717, 1.165) is 29.7 Å². The fraction of sp³-hybridized carbons (Fsp3) is 0.304. The van der Waals surface area contributed by atoms with Crippen LogP contribution in [0.1, 0.15) is 59.3 Å². The molecule has 0 radical (unpaired) electrons. The van der Waals surface area contributed by atoms with Gasteiger partial charge >= 0.3 is 6.18 Å². The van der Waals surface area contributed by atoms with Crippen LogP contribution >= 0.6 is 34.8 Å². The number of benzene rings is 2. The summed E-state index contributed by atoms with van der Waals surface area (Å²) in [4.78, 5) is 24.6. The highest BCUT2D eigenvalue weighted by Gasteiger charge is 2.36. The Morgan fingerprint density at radius 1 is 1.09 bits per heavy atom. The number of nitrogens with one attached hydrogen (secondary N) is 1. The van der Waals surface area contributed by atoms with Crippen molar-refractivity contribution >= 4 is 52.1 Å². The molecule has 0 spiro atoms. The Morgan fingerprint density at radius 2 is 1.75 bits per heavy atom. The Hall–Kier alpha value is -2.02. The first kappa shape index (κ1) is 24.6. The Bertz CT molecular complexity index is 1070. The van der Waals surface area contributed by atoms with E-state index in [9.17, 15) is 22.8 Å². The van der Waals surface area contributed by atoms with E-state index in [-0.39, 0.29) is 38.1 Å². The van der Waals surface area contributed by atoms with Gasteiger partial charge < -0.3 is 5.32 Å². The van der Waals surface area contributed by atoms with E-state index in [4.69, 9.17) is 34.8 Å². The smallest absolute Gasteiger partial charge is 0.349 e. The van der Waals surface area contributed by atoms with Crippen LogP contribution in [-0.2, 0) is 11.2 Å². The van der Waals surface area contributed by atoms with Gasteiger partial charge in [-0.3, -0.25) is 9.59 Å². The Morgan fingerprint density at radius 3 is 2.34 bits per heavy atom. The molecule has 1 atom stereocenters. The lowest BCUT2D eigenvalue weighted by atomic mass is 9.98. The average Bonchev–Trinajstić information content (AvgIpc) is 3.11. The van der Waals surface area contributed by atoms with Gasteiger partial charge in [0.15, 0.2) is 5.78 Å². The second-order valence-corrected chi connectivity index (χ2v) is 8.69. The van der Waals surface area contributed by atoms with Crippen LogP contribution in [0.3, 0.4) is 0 Å². The Balaban J connectivity index is 1.91. The van der Waals surface area contributed by atoms with Crippen molar-refractivity contribution < 1.29 is 22.8 Å². The number of alkyl halides is 3. The predicted octanol–water partition coefficient (Wildman–Crippen LogP) is 7.38. The summed E-state index contributed by atoms with van der Waals surface area (Å²) in [6.07, 6.45) is -1.84. The summed E-state index contributed by atoms with van der Waals surface area (Å²) in [7, 11) is 0. The lowest BCUT2D eigenvalue weighted by Gasteiger charge is -2.15. The molecule has 2 aromatic rings. The number of rotatable bonds is 6. The van der Waals surface area contributed by atoms with Crippen molar-refractivity contribution in [2.75, 3.05) is 0 Å². The topological polar surface area (TPSA) is 46.2 Å². The molecule has 1 amide bonds. The number of fused-ring (bicyclic) bond motifs is 1. The number of aryl methyl sites for hydroxylation is 1. The van der Waals surface area contributed by atoms with Crippen molar-refractivity contribution in [2.45, 2.75) is 44.8 Å². The molecule has 1 unspecified atom stereocenters. The summed E-state index contributed by atoms with van der Waals surface area (Å²) in [5.41, 5.74) is 0.301. The maximum Gasteiger partial charge on any atom is 0.417 e. The quantitative estimate of drug-likeness (QED) is 0.253. The average molecular weight is 505 g/mol. The highest BCUT2D eigenvalue weighted by atomic mass is 35.5.